The van der Waals surface area contributed by atoms with Crippen LogP contribution in [0.25, 0.3) is 10.9 Å². The molecule has 0 N–H and O–H groups in total. The van der Waals surface area contributed by atoms with Crippen LogP contribution in [-0.2, 0) is 14.8 Å². The highest BCUT2D eigenvalue weighted by Crippen LogP contribution is 2.29. The maximum absolute atomic E-state index is 13.3. The molecule has 34 heavy (non-hydrogen) atoms. The Morgan fingerprint density at radius 1 is 0.971 bits per heavy atom. The van der Waals surface area contributed by atoms with Crippen molar-refractivity contribution in [3.8, 4) is 0 Å². The highest BCUT2D eigenvalue weighted by molar-refractivity contribution is 7.89. The summed E-state index contributed by atoms with van der Waals surface area (Å²) in [6, 6.07) is 16.2. The summed E-state index contributed by atoms with van der Waals surface area (Å²) in [5, 5.41) is 1.70. The van der Waals surface area contributed by atoms with Crippen LogP contribution in [-0.4, -0.2) is 67.8 Å². The number of sulfonamides is 1. The maximum atomic E-state index is 13.3. The molecule has 2 saturated heterocycles. The minimum absolute atomic E-state index is 0.0546. The van der Waals surface area contributed by atoms with E-state index in [-0.39, 0.29) is 23.3 Å². The normalized spacial score (nSPS) is 20.0. The van der Waals surface area contributed by atoms with E-state index in [0.717, 1.165) is 23.0 Å². The maximum Gasteiger partial charge on any atom is 0.243 e. The van der Waals surface area contributed by atoms with Crippen molar-refractivity contribution < 1.29 is 13.2 Å². The predicted octanol–water partition coefficient (Wildman–Crippen LogP) is 3.64. The van der Waals surface area contributed by atoms with Gasteiger partial charge in [-0.15, -0.1) is 0 Å². The van der Waals surface area contributed by atoms with Crippen LogP contribution in [0, 0.1) is 5.92 Å². The van der Waals surface area contributed by atoms with Gasteiger partial charge in [0.1, 0.15) is 0 Å². The molecule has 0 radical (unpaired) electrons. The van der Waals surface area contributed by atoms with Gasteiger partial charge in [0.25, 0.3) is 0 Å². The third-order valence-electron chi connectivity index (χ3n) is 6.73. The van der Waals surface area contributed by atoms with Gasteiger partial charge in [-0.3, -0.25) is 9.78 Å². The van der Waals surface area contributed by atoms with Crippen molar-refractivity contribution in [1.82, 2.24) is 14.2 Å². The van der Waals surface area contributed by atoms with Gasteiger partial charge in [0.2, 0.25) is 15.9 Å². The van der Waals surface area contributed by atoms with Gasteiger partial charge in [0.05, 0.1) is 16.3 Å². The number of aromatic nitrogens is 1. The molecule has 1 aromatic heterocycles. The first-order chi connectivity index (χ1) is 16.4. The third-order valence-corrected chi connectivity index (χ3v) is 8.84. The van der Waals surface area contributed by atoms with Crippen LogP contribution >= 0.6 is 11.6 Å². The van der Waals surface area contributed by atoms with Crippen molar-refractivity contribution in [2.24, 2.45) is 5.92 Å². The lowest BCUT2D eigenvalue weighted by molar-refractivity contribution is -0.137. The molecule has 9 heteroatoms. The van der Waals surface area contributed by atoms with Crippen LogP contribution in [0.5, 0.6) is 0 Å². The quantitative estimate of drug-likeness (QED) is 0.549. The molecule has 5 rings (SSSR count). The summed E-state index contributed by atoms with van der Waals surface area (Å²) >= 11 is 6.12. The fourth-order valence-corrected chi connectivity index (χ4v) is 6.62. The Morgan fingerprint density at radius 2 is 1.74 bits per heavy atom. The molecule has 178 valence electrons. The second kappa shape index (κ2) is 9.52. The first-order valence-corrected chi connectivity index (χ1v) is 13.4. The van der Waals surface area contributed by atoms with Crippen LogP contribution in [0.1, 0.15) is 12.8 Å². The highest BCUT2D eigenvalue weighted by Gasteiger charge is 2.36. The number of carbonyl (C=O) groups is 1. The van der Waals surface area contributed by atoms with Crippen molar-refractivity contribution in [3.05, 3.63) is 65.8 Å². The van der Waals surface area contributed by atoms with Crippen molar-refractivity contribution in [3.63, 3.8) is 0 Å². The predicted molar refractivity (Wildman–Crippen MR) is 133 cm³/mol. The lowest BCUT2D eigenvalue weighted by Gasteiger charge is -2.39. The SMILES string of the molecule is O=C(C1CCCN(S(=O)(=O)c2ccccc2)C1)N1CCN(c2ccnc3cc(Cl)ccc23)CC1. The van der Waals surface area contributed by atoms with Crippen molar-refractivity contribution in [1.29, 1.82) is 0 Å². The van der Waals surface area contributed by atoms with Crippen LogP contribution in [0.4, 0.5) is 5.69 Å². The number of anilines is 1. The minimum Gasteiger partial charge on any atom is -0.367 e. The molecule has 0 aliphatic carbocycles. The summed E-state index contributed by atoms with van der Waals surface area (Å²) in [4.78, 5) is 22.2. The molecule has 0 bridgehead atoms. The van der Waals surface area contributed by atoms with Crippen LogP contribution in [0.2, 0.25) is 5.02 Å². The summed E-state index contributed by atoms with van der Waals surface area (Å²) in [5.41, 5.74) is 1.94. The van der Waals surface area contributed by atoms with Crippen LogP contribution < -0.4 is 4.90 Å². The van der Waals surface area contributed by atoms with E-state index in [9.17, 15) is 13.2 Å². The molecule has 1 unspecified atom stereocenters. The molecule has 1 amide bonds. The van der Waals surface area contributed by atoms with E-state index in [1.54, 1.807) is 36.5 Å². The minimum atomic E-state index is -3.59. The van der Waals surface area contributed by atoms with Gasteiger partial charge in [-0.2, -0.15) is 4.31 Å². The van der Waals surface area contributed by atoms with E-state index in [1.807, 2.05) is 29.2 Å². The van der Waals surface area contributed by atoms with Gasteiger partial charge < -0.3 is 9.80 Å². The molecular weight excluding hydrogens is 472 g/mol. The number of rotatable bonds is 4. The van der Waals surface area contributed by atoms with Gasteiger partial charge in [-0.1, -0.05) is 29.8 Å². The number of halogens is 1. The average molecular weight is 499 g/mol. The average Bonchev–Trinajstić information content (AvgIpc) is 2.88. The summed E-state index contributed by atoms with van der Waals surface area (Å²) in [7, 11) is -3.59. The summed E-state index contributed by atoms with van der Waals surface area (Å²) in [6.07, 6.45) is 3.19. The number of hydrogen-bond donors (Lipinski definition) is 0. The van der Waals surface area contributed by atoms with Gasteiger partial charge in [-0.25, -0.2) is 8.42 Å². The summed E-state index contributed by atoms with van der Waals surface area (Å²) < 4.78 is 27.6. The number of piperazine rings is 1. The van der Waals surface area contributed by atoms with Crippen LogP contribution in [0.15, 0.2) is 65.7 Å². The first-order valence-electron chi connectivity index (χ1n) is 11.6. The van der Waals surface area contributed by atoms with E-state index < -0.39 is 10.0 Å². The number of pyridine rings is 1. The number of amides is 1. The number of hydrogen-bond acceptors (Lipinski definition) is 5. The fraction of sp³-hybridized carbons (Fsp3) is 0.360. The zero-order valence-corrected chi connectivity index (χ0v) is 20.4. The zero-order chi connectivity index (χ0) is 23.7. The Bertz CT molecular complexity index is 1290. The molecule has 7 nitrogen and oxygen atoms in total. The molecule has 2 fully saturated rings. The number of fused-ring (bicyclic) bond motifs is 1. The highest BCUT2D eigenvalue weighted by atomic mass is 35.5. The third kappa shape index (κ3) is 4.50. The standard InChI is InChI=1S/C25H27ClN4O3S/c26-20-8-9-22-23(17-20)27-11-10-24(22)28-13-15-29(16-14-28)25(31)19-5-4-12-30(18-19)34(32,33)21-6-2-1-3-7-21/h1-3,6-11,17,19H,4-5,12-16,18H2. The molecule has 1 atom stereocenters. The van der Waals surface area contributed by atoms with Crippen molar-refractivity contribution in [2.45, 2.75) is 17.7 Å². The molecule has 2 aliphatic rings. The smallest absolute Gasteiger partial charge is 0.243 e. The number of benzene rings is 2. The second-order valence-electron chi connectivity index (χ2n) is 8.82. The topological polar surface area (TPSA) is 73.8 Å². The largest absolute Gasteiger partial charge is 0.367 e. The van der Waals surface area contributed by atoms with Crippen molar-refractivity contribution in [2.75, 3.05) is 44.2 Å². The van der Waals surface area contributed by atoms with Gasteiger partial charge in [0, 0.05) is 61.6 Å². The van der Waals surface area contributed by atoms with Gasteiger partial charge in [0.15, 0.2) is 0 Å². The Kier molecular flexibility index (Phi) is 6.46. The Labute approximate surface area is 205 Å². The van der Waals surface area contributed by atoms with Crippen LogP contribution in [0.3, 0.4) is 0 Å². The second-order valence-corrected chi connectivity index (χ2v) is 11.2. The monoisotopic (exact) mass is 498 g/mol. The van der Waals surface area contributed by atoms with E-state index in [1.165, 1.54) is 4.31 Å². The molecule has 3 aromatic rings. The Morgan fingerprint density at radius 3 is 2.50 bits per heavy atom. The molecular formula is C25H27ClN4O3S. The summed E-state index contributed by atoms with van der Waals surface area (Å²) in [6.45, 7) is 3.34. The number of carbonyl (C=O) groups excluding carboxylic acids is 1. The zero-order valence-electron chi connectivity index (χ0n) is 18.8. The van der Waals surface area contributed by atoms with Gasteiger partial charge in [-0.05, 0) is 49.2 Å². The molecule has 2 aliphatic heterocycles. The fourth-order valence-electron chi connectivity index (χ4n) is 4.91. The number of piperidine rings is 1. The molecule has 2 aromatic carbocycles. The molecule has 0 spiro atoms. The number of nitrogens with zero attached hydrogens (tertiary/aromatic N) is 4. The van der Waals surface area contributed by atoms with E-state index >= 15 is 0 Å². The lowest BCUT2D eigenvalue weighted by Crippen LogP contribution is -2.53. The summed E-state index contributed by atoms with van der Waals surface area (Å²) in [5.74, 6) is -0.248. The van der Waals surface area contributed by atoms with Gasteiger partial charge >= 0.3 is 0 Å². The first kappa shape index (κ1) is 23.1. The lowest BCUT2D eigenvalue weighted by atomic mass is 9.97. The van der Waals surface area contributed by atoms with E-state index in [2.05, 4.69) is 9.88 Å². The van der Waals surface area contributed by atoms with Crippen molar-refractivity contribution >= 4 is 44.1 Å². The van der Waals surface area contributed by atoms with E-state index in [0.29, 0.717) is 44.2 Å². The molecule has 3 heterocycles. The Hall–Kier alpha value is -2.68. The van der Waals surface area contributed by atoms with E-state index in [4.69, 9.17) is 11.6 Å². The molecule has 0 saturated carbocycles. The Balaban J connectivity index is 1.25.